The molecule has 0 radical (unpaired) electrons. The van der Waals surface area contributed by atoms with E-state index in [9.17, 15) is 4.79 Å². The minimum absolute atomic E-state index is 0.0188. The molecule has 2 aliphatic rings. The molecule has 1 aromatic carbocycles. The Morgan fingerprint density at radius 3 is 2.50 bits per heavy atom. The third kappa shape index (κ3) is 3.19. The van der Waals surface area contributed by atoms with E-state index in [1.165, 1.54) is 0 Å². The highest BCUT2D eigenvalue weighted by Crippen LogP contribution is 2.31. The van der Waals surface area contributed by atoms with Gasteiger partial charge in [-0.05, 0) is 24.1 Å². The zero-order chi connectivity index (χ0) is 15.6. The van der Waals surface area contributed by atoms with Crippen LogP contribution in [0.1, 0.15) is 25.3 Å². The van der Waals surface area contributed by atoms with Gasteiger partial charge in [-0.15, -0.1) is 0 Å². The van der Waals surface area contributed by atoms with Gasteiger partial charge in [-0.3, -0.25) is 4.79 Å². The number of halogens is 1. The van der Waals surface area contributed by atoms with Crippen molar-refractivity contribution in [3.63, 3.8) is 0 Å². The lowest BCUT2D eigenvalue weighted by molar-refractivity contribution is -0.186. The van der Waals surface area contributed by atoms with Crippen LogP contribution in [0.5, 0.6) is 0 Å². The summed E-state index contributed by atoms with van der Waals surface area (Å²) in [6.07, 6.45) is 3.13. The molecule has 0 aliphatic carbocycles. The second kappa shape index (κ2) is 6.41. The second-order valence-corrected chi connectivity index (χ2v) is 6.15. The Morgan fingerprint density at radius 2 is 1.86 bits per heavy atom. The molecule has 0 unspecified atom stereocenters. The summed E-state index contributed by atoms with van der Waals surface area (Å²) in [6, 6.07) is 7.56. The van der Waals surface area contributed by atoms with Gasteiger partial charge < -0.3 is 14.4 Å². The van der Waals surface area contributed by atoms with Crippen LogP contribution in [0.3, 0.4) is 0 Å². The Labute approximate surface area is 135 Å². The number of benzene rings is 1. The number of carbonyl (C=O) groups excluding carboxylic acids is 1. The van der Waals surface area contributed by atoms with E-state index in [1.54, 1.807) is 6.08 Å². The van der Waals surface area contributed by atoms with Crippen LogP contribution in [-0.2, 0) is 14.3 Å². The van der Waals surface area contributed by atoms with E-state index in [2.05, 4.69) is 0 Å². The molecule has 118 valence electrons. The minimum atomic E-state index is -0.446. The average molecular weight is 322 g/mol. The Balaban J connectivity index is 1.65. The standard InChI is InChI=1S/C17H20ClNO3/c1-13(14-4-2-3-5-15(14)18)12-16(20)19-8-6-17(7-9-19)21-10-11-22-17/h2-5,12H,6-11H2,1H3. The van der Waals surface area contributed by atoms with Crippen molar-refractivity contribution >= 4 is 23.1 Å². The highest BCUT2D eigenvalue weighted by molar-refractivity contribution is 6.32. The van der Waals surface area contributed by atoms with E-state index in [4.69, 9.17) is 21.1 Å². The van der Waals surface area contributed by atoms with Crippen LogP contribution in [0.2, 0.25) is 5.02 Å². The molecule has 4 nitrogen and oxygen atoms in total. The normalized spacial score (nSPS) is 21.4. The first-order valence-electron chi connectivity index (χ1n) is 7.60. The van der Waals surface area contributed by atoms with Crippen molar-refractivity contribution in [1.29, 1.82) is 0 Å². The van der Waals surface area contributed by atoms with E-state index in [1.807, 2.05) is 36.1 Å². The fourth-order valence-corrected chi connectivity index (χ4v) is 3.27. The van der Waals surface area contributed by atoms with Crippen LogP contribution >= 0.6 is 11.6 Å². The van der Waals surface area contributed by atoms with Crippen molar-refractivity contribution in [2.45, 2.75) is 25.6 Å². The van der Waals surface area contributed by atoms with Gasteiger partial charge in [0.05, 0.1) is 13.2 Å². The van der Waals surface area contributed by atoms with E-state index in [-0.39, 0.29) is 5.91 Å². The molecule has 0 N–H and O–H groups in total. The fourth-order valence-electron chi connectivity index (χ4n) is 2.99. The van der Waals surface area contributed by atoms with Crippen LogP contribution in [0, 0.1) is 0 Å². The Morgan fingerprint density at radius 1 is 1.23 bits per heavy atom. The molecule has 0 atom stereocenters. The Kier molecular flexibility index (Phi) is 4.52. The van der Waals surface area contributed by atoms with Crippen LogP contribution in [0.15, 0.2) is 30.3 Å². The molecule has 2 fully saturated rings. The number of piperidine rings is 1. The molecule has 2 saturated heterocycles. The zero-order valence-electron chi connectivity index (χ0n) is 12.7. The fraction of sp³-hybridized carbons (Fsp3) is 0.471. The minimum Gasteiger partial charge on any atom is -0.347 e. The quantitative estimate of drug-likeness (QED) is 0.786. The molecule has 22 heavy (non-hydrogen) atoms. The van der Waals surface area contributed by atoms with Gasteiger partial charge in [-0.1, -0.05) is 29.8 Å². The predicted molar refractivity (Wildman–Crippen MR) is 85.6 cm³/mol. The first-order valence-corrected chi connectivity index (χ1v) is 7.97. The Hall–Kier alpha value is -1.36. The van der Waals surface area contributed by atoms with E-state index in [0.29, 0.717) is 31.3 Å². The zero-order valence-corrected chi connectivity index (χ0v) is 13.4. The van der Waals surface area contributed by atoms with Gasteiger partial charge in [-0.25, -0.2) is 0 Å². The topological polar surface area (TPSA) is 38.8 Å². The molecule has 2 heterocycles. The monoisotopic (exact) mass is 321 g/mol. The van der Waals surface area contributed by atoms with Crippen molar-refractivity contribution in [3.05, 3.63) is 40.9 Å². The van der Waals surface area contributed by atoms with Crippen molar-refractivity contribution in [3.8, 4) is 0 Å². The largest absolute Gasteiger partial charge is 0.347 e. The van der Waals surface area contributed by atoms with Gasteiger partial charge in [-0.2, -0.15) is 0 Å². The van der Waals surface area contributed by atoms with Gasteiger partial charge in [0.2, 0.25) is 5.91 Å². The van der Waals surface area contributed by atoms with Crippen LogP contribution in [0.4, 0.5) is 0 Å². The summed E-state index contributed by atoms with van der Waals surface area (Å²) >= 11 is 6.17. The molecule has 1 spiro atoms. The maximum absolute atomic E-state index is 12.4. The summed E-state index contributed by atoms with van der Waals surface area (Å²) in [7, 11) is 0. The maximum Gasteiger partial charge on any atom is 0.246 e. The molecule has 1 amide bonds. The number of hydrogen-bond acceptors (Lipinski definition) is 3. The number of ether oxygens (including phenoxy) is 2. The number of allylic oxidation sites excluding steroid dienone is 1. The molecule has 0 aromatic heterocycles. The van der Waals surface area contributed by atoms with Crippen molar-refractivity contribution in [2.24, 2.45) is 0 Å². The number of hydrogen-bond donors (Lipinski definition) is 0. The molecular weight excluding hydrogens is 302 g/mol. The molecule has 1 aromatic rings. The Bertz CT molecular complexity index is 583. The summed E-state index contributed by atoms with van der Waals surface area (Å²) in [6.45, 7) is 4.53. The van der Waals surface area contributed by atoms with E-state index >= 15 is 0 Å². The number of nitrogens with zero attached hydrogens (tertiary/aromatic N) is 1. The van der Waals surface area contributed by atoms with Gasteiger partial charge in [0.25, 0.3) is 0 Å². The van der Waals surface area contributed by atoms with Gasteiger partial charge in [0.1, 0.15) is 0 Å². The number of carbonyl (C=O) groups is 1. The summed E-state index contributed by atoms with van der Waals surface area (Å²) in [5.41, 5.74) is 1.78. The number of amides is 1. The third-order valence-electron chi connectivity index (χ3n) is 4.29. The van der Waals surface area contributed by atoms with E-state index in [0.717, 1.165) is 24.0 Å². The highest BCUT2D eigenvalue weighted by Gasteiger charge is 2.40. The molecule has 5 heteroatoms. The van der Waals surface area contributed by atoms with Crippen molar-refractivity contribution in [2.75, 3.05) is 26.3 Å². The average Bonchev–Trinajstić information content (AvgIpc) is 2.96. The summed E-state index contributed by atoms with van der Waals surface area (Å²) in [5, 5.41) is 0.661. The summed E-state index contributed by atoms with van der Waals surface area (Å²) < 4.78 is 11.4. The van der Waals surface area contributed by atoms with Crippen molar-refractivity contribution in [1.82, 2.24) is 4.90 Å². The van der Waals surface area contributed by atoms with Gasteiger partial charge >= 0.3 is 0 Å². The number of likely N-dealkylation sites (tertiary alicyclic amines) is 1. The lowest BCUT2D eigenvalue weighted by Gasteiger charge is -2.37. The lowest BCUT2D eigenvalue weighted by atomic mass is 10.0. The molecule has 0 saturated carbocycles. The third-order valence-corrected chi connectivity index (χ3v) is 4.62. The van der Waals surface area contributed by atoms with Crippen LogP contribution < -0.4 is 0 Å². The highest BCUT2D eigenvalue weighted by atomic mass is 35.5. The first-order chi connectivity index (χ1) is 10.6. The molecule has 0 bridgehead atoms. The van der Waals surface area contributed by atoms with Gasteiger partial charge in [0.15, 0.2) is 5.79 Å². The predicted octanol–water partition coefficient (Wildman–Crippen LogP) is 3.11. The second-order valence-electron chi connectivity index (χ2n) is 5.74. The van der Waals surface area contributed by atoms with Crippen LogP contribution in [0.25, 0.3) is 5.57 Å². The van der Waals surface area contributed by atoms with Crippen LogP contribution in [-0.4, -0.2) is 42.9 Å². The van der Waals surface area contributed by atoms with Crippen molar-refractivity contribution < 1.29 is 14.3 Å². The SMILES string of the molecule is CC(=CC(=O)N1CCC2(CC1)OCCO2)c1ccccc1Cl. The number of rotatable bonds is 2. The smallest absolute Gasteiger partial charge is 0.246 e. The van der Waals surface area contributed by atoms with Gasteiger partial charge in [0, 0.05) is 37.0 Å². The summed E-state index contributed by atoms with van der Waals surface area (Å²) in [4.78, 5) is 14.3. The summed E-state index contributed by atoms with van der Waals surface area (Å²) in [5.74, 6) is -0.427. The molecular formula is C17H20ClNO3. The maximum atomic E-state index is 12.4. The first kappa shape index (κ1) is 15.5. The molecule has 3 rings (SSSR count). The lowest BCUT2D eigenvalue weighted by Crippen LogP contribution is -2.46. The molecule has 2 aliphatic heterocycles. The van der Waals surface area contributed by atoms with E-state index < -0.39 is 5.79 Å².